The van der Waals surface area contributed by atoms with E-state index >= 15 is 0 Å². The summed E-state index contributed by atoms with van der Waals surface area (Å²) in [6, 6.07) is 12.9. The van der Waals surface area contributed by atoms with E-state index in [4.69, 9.17) is 0 Å². The lowest BCUT2D eigenvalue weighted by molar-refractivity contribution is -0.384. The molecule has 136 valence electrons. The van der Waals surface area contributed by atoms with Crippen molar-refractivity contribution < 1.29 is 14.5 Å². The number of amides is 1. The van der Waals surface area contributed by atoms with E-state index < -0.39 is 4.92 Å². The van der Waals surface area contributed by atoms with Crippen molar-refractivity contribution in [2.75, 3.05) is 24.5 Å². The summed E-state index contributed by atoms with van der Waals surface area (Å²) < 4.78 is 0. The fourth-order valence-corrected chi connectivity index (χ4v) is 2.63. The summed E-state index contributed by atoms with van der Waals surface area (Å²) in [6.07, 6.45) is 0. The van der Waals surface area contributed by atoms with Gasteiger partial charge in [0.2, 0.25) is 5.91 Å². The van der Waals surface area contributed by atoms with Crippen molar-refractivity contribution >= 4 is 23.1 Å². The number of hydrogen-bond donors (Lipinski definition) is 1. The Kier molecular flexibility index (Phi) is 6.43. The van der Waals surface area contributed by atoms with E-state index in [2.05, 4.69) is 5.32 Å². The minimum Gasteiger partial charge on any atom is -0.357 e. The summed E-state index contributed by atoms with van der Waals surface area (Å²) >= 11 is 0. The van der Waals surface area contributed by atoms with Crippen LogP contribution in [0.1, 0.15) is 29.8 Å². The molecule has 0 aliphatic rings. The standard InChI is InChI=1S/C19H21N3O4/c1-3-20-18(23)13-21(4-2)16-11-10-15(12-17(16)22(25)26)19(24)14-8-6-5-7-9-14/h5-12H,3-4,13H2,1-2H3,(H,20,23). The zero-order valence-corrected chi connectivity index (χ0v) is 14.8. The predicted octanol–water partition coefficient (Wildman–Crippen LogP) is 2.79. The van der Waals surface area contributed by atoms with Gasteiger partial charge in [-0.15, -0.1) is 0 Å². The maximum Gasteiger partial charge on any atom is 0.293 e. The Balaban J connectivity index is 2.38. The molecule has 7 nitrogen and oxygen atoms in total. The molecule has 0 unspecified atom stereocenters. The minimum absolute atomic E-state index is 0.0111. The highest BCUT2D eigenvalue weighted by molar-refractivity contribution is 6.09. The Bertz CT molecular complexity index is 806. The molecule has 7 heteroatoms. The fourth-order valence-electron chi connectivity index (χ4n) is 2.63. The first kappa shape index (κ1) is 19.1. The topological polar surface area (TPSA) is 92.6 Å². The summed E-state index contributed by atoms with van der Waals surface area (Å²) in [5.41, 5.74) is 0.816. The Morgan fingerprint density at radius 2 is 1.77 bits per heavy atom. The number of benzene rings is 2. The molecule has 0 atom stereocenters. The van der Waals surface area contributed by atoms with Gasteiger partial charge in [0.15, 0.2) is 5.78 Å². The van der Waals surface area contributed by atoms with Crippen molar-refractivity contribution in [2.45, 2.75) is 13.8 Å². The third-order valence-corrected chi connectivity index (χ3v) is 3.90. The van der Waals surface area contributed by atoms with Crippen LogP contribution < -0.4 is 10.2 Å². The maximum absolute atomic E-state index is 12.5. The largest absolute Gasteiger partial charge is 0.357 e. The van der Waals surface area contributed by atoms with Gasteiger partial charge in [0.1, 0.15) is 5.69 Å². The van der Waals surface area contributed by atoms with Crippen LogP contribution in [0.25, 0.3) is 0 Å². The minimum atomic E-state index is -0.530. The van der Waals surface area contributed by atoms with Gasteiger partial charge in [-0.05, 0) is 26.0 Å². The van der Waals surface area contributed by atoms with Crippen LogP contribution in [0.3, 0.4) is 0 Å². The molecule has 0 saturated heterocycles. The molecule has 0 radical (unpaired) electrons. The van der Waals surface area contributed by atoms with Crippen LogP contribution in [0.15, 0.2) is 48.5 Å². The third-order valence-electron chi connectivity index (χ3n) is 3.90. The van der Waals surface area contributed by atoms with Crippen LogP contribution in [0.5, 0.6) is 0 Å². The Labute approximate surface area is 151 Å². The molecule has 26 heavy (non-hydrogen) atoms. The molecule has 2 rings (SSSR count). The molecule has 0 heterocycles. The number of ketones is 1. The van der Waals surface area contributed by atoms with Crippen LogP contribution >= 0.6 is 0 Å². The maximum atomic E-state index is 12.5. The molecule has 0 fully saturated rings. The molecule has 0 aliphatic heterocycles. The summed E-state index contributed by atoms with van der Waals surface area (Å²) in [5.74, 6) is -0.500. The lowest BCUT2D eigenvalue weighted by atomic mass is 10.0. The van der Waals surface area contributed by atoms with E-state index in [0.717, 1.165) is 0 Å². The second-order valence-electron chi connectivity index (χ2n) is 5.62. The molecule has 0 aromatic heterocycles. The Morgan fingerprint density at radius 1 is 1.08 bits per heavy atom. The van der Waals surface area contributed by atoms with Crippen LogP contribution in [0.4, 0.5) is 11.4 Å². The number of anilines is 1. The molecule has 0 aliphatic carbocycles. The quantitative estimate of drug-likeness (QED) is 0.446. The lowest BCUT2D eigenvalue weighted by Gasteiger charge is -2.22. The van der Waals surface area contributed by atoms with E-state index in [-0.39, 0.29) is 29.5 Å². The zero-order valence-electron chi connectivity index (χ0n) is 14.8. The van der Waals surface area contributed by atoms with Gasteiger partial charge in [-0.1, -0.05) is 30.3 Å². The first-order valence-corrected chi connectivity index (χ1v) is 8.37. The van der Waals surface area contributed by atoms with E-state index in [1.54, 1.807) is 48.2 Å². The number of nitro benzene ring substituents is 1. The van der Waals surface area contributed by atoms with E-state index in [1.165, 1.54) is 12.1 Å². The predicted molar refractivity (Wildman–Crippen MR) is 99.5 cm³/mol. The normalized spacial score (nSPS) is 10.2. The van der Waals surface area contributed by atoms with E-state index in [0.29, 0.717) is 24.3 Å². The van der Waals surface area contributed by atoms with Gasteiger partial charge >= 0.3 is 0 Å². The van der Waals surface area contributed by atoms with Crippen molar-refractivity contribution in [2.24, 2.45) is 0 Å². The SMILES string of the molecule is CCNC(=O)CN(CC)c1ccc(C(=O)c2ccccc2)cc1[N+](=O)[O-]. The monoisotopic (exact) mass is 355 g/mol. The van der Waals surface area contributed by atoms with Crippen molar-refractivity contribution in [3.8, 4) is 0 Å². The van der Waals surface area contributed by atoms with Gasteiger partial charge in [-0.2, -0.15) is 0 Å². The smallest absolute Gasteiger partial charge is 0.293 e. The Morgan fingerprint density at radius 3 is 2.35 bits per heavy atom. The first-order valence-electron chi connectivity index (χ1n) is 8.37. The number of hydrogen-bond acceptors (Lipinski definition) is 5. The molecule has 0 bridgehead atoms. The molecule has 2 aromatic carbocycles. The Hall–Kier alpha value is -3.22. The average molecular weight is 355 g/mol. The highest BCUT2D eigenvalue weighted by Gasteiger charge is 2.23. The van der Waals surface area contributed by atoms with Gasteiger partial charge in [0, 0.05) is 30.3 Å². The van der Waals surface area contributed by atoms with Gasteiger partial charge < -0.3 is 10.2 Å². The molecule has 0 spiro atoms. The second-order valence-corrected chi connectivity index (χ2v) is 5.62. The molecular formula is C19H21N3O4. The van der Waals surface area contributed by atoms with Gasteiger partial charge in [0.05, 0.1) is 11.5 Å². The molecule has 2 aromatic rings. The number of rotatable bonds is 8. The number of nitrogens with one attached hydrogen (secondary N) is 1. The number of nitro groups is 1. The molecule has 0 saturated carbocycles. The highest BCUT2D eigenvalue weighted by atomic mass is 16.6. The van der Waals surface area contributed by atoms with Crippen LogP contribution in [-0.4, -0.2) is 36.2 Å². The summed E-state index contributed by atoms with van der Waals surface area (Å²) in [4.78, 5) is 37.0. The van der Waals surface area contributed by atoms with Gasteiger partial charge in [-0.25, -0.2) is 0 Å². The summed E-state index contributed by atoms with van der Waals surface area (Å²) in [6.45, 7) is 4.54. The van der Waals surface area contributed by atoms with Gasteiger partial charge in [-0.3, -0.25) is 19.7 Å². The van der Waals surface area contributed by atoms with Crippen molar-refractivity contribution in [1.29, 1.82) is 0 Å². The first-order chi connectivity index (χ1) is 12.5. The average Bonchev–Trinajstić information content (AvgIpc) is 2.66. The molecule has 1 N–H and O–H groups in total. The molecular weight excluding hydrogens is 334 g/mol. The van der Waals surface area contributed by atoms with Crippen LogP contribution in [0, 0.1) is 10.1 Å². The van der Waals surface area contributed by atoms with Crippen molar-refractivity contribution in [3.05, 3.63) is 69.8 Å². The van der Waals surface area contributed by atoms with Crippen LogP contribution in [-0.2, 0) is 4.79 Å². The van der Waals surface area contributed by atoms with E-state index in [9.17, 15) is 19.7 Å². The summed E-state index contributed by atoms with van der Waals surface area (Å²) in [5, 5.41) is 14.2. The summed E-state index contributed by atoms with van der Waals surface area (Å²) in [7, 11) is 0. The molecule has 1 amide bonds. The second kappa shape index (κ2) is 8.75. The van der Waals surface area contributed by atoms with Crippen LogP contribution in [0.2, 0.25) is 0 Å². The highest BCUT2D eigenvalue weighted by Crippen LogP contribution is 2.30. The van der Waals surface area contributed by atoms with Gasteiger partial charge in [0.25, 0.3) is 5.69 Å². The number of carbonyl (C=O) groups is 2. The van der Waals surface area contributed by atoms with Crippen molar-refractivity contribution in [1.82, 2.24) is 5.32 Å². The van der Waals surface area contributed by atoms with E-state index in [1.807, 2.05) is 6.92 Å². The zero-order chi connectivity index (χ0) is 19.1. The fraction of sp³-hybridized carbons (Fsp3) is 0.263. The number of nitrogens with zero attached hydrogens (tertiary/aromatic N) is 2. The van der Waals surface area contributed by atoms with Crippen molar-refractivity contribution in [3.63, 3.8) is 0 Å². The number of carbonyl (C=O) groups excluding carboxylic acids is 2. The third kappa shape index (κ3) is 4.44. The number of likely N-dealkylation sites (N-methyl/N-ethyl adjacent to an activating group) is 2. The lowest BCUT2D eigenvalue weighted by Crippen LogP contribution is -2.37.